The fourth-order valence-corrected chi connectivity index (χ4v) is 38.8. The Morgan fingerprint density at radius 3 is 0.242 bits per heavy atom. The van der Waals surface area contributed by atoms with Gasteiger partial charge in [-0.25, -0.2) is 0 Å². The maximum absolute atomic E-state index is 7.50. The first-order chi connectivity index (χ1) is 41.8. The molecule has 0 atom stereocenters. The van der Waals surface area contributed by atoms with Crippen molar-refractivity contribution in [1.82, 2.24) is 0 Å². The summed E-state index contributed by atoms with van der Waals surface area (Å²) in [6, 6.07) is 0. The van der Waals surface area contributed by atoms with Crippen molar-refractivity contribution in [3.63, 3.8) is 0 Å². The van der Waals surface area contributed by atoms with Gasteiger partial charge in [-0.2, -0.15) is 0 Å². The molecule has 12 aliphatic rings. The van der Waals surface area contributed by atoms with Crippen LogP contribution >= 0.6 is 31.7 Å². The molecule has 0 heterocycles. The van der Waals surface area contributed by atoms with Crippen molar-refractivity contribution >= 4 is 31.7 Å². The van der Waals surface area contributed by atoms with Crippen LogP contribution in [-0.2, 0) is 96.5 Å². The zero-order valence-electron chi connectivity index (χ0n) is 57.7. The average Bonchev–Trinajstić information content (AvgIpc) is 2.15. The van der Waals surface area contributed by atoms with E-state index in [4.69, 9.17) is 18.6 Å². The minimum Gasteiger partial charge on any atom is 0 e. The van der Waals surface area contributed by atoms with E-state index in [1.54, 1.807) is 308 Å². The molecule has 0 unspecified atom stereocenters. The third-order valence-corrected chi connectivity index (χ3v) is 40.3. The van der Waals surface area contributed by atoms with Gasteiger partial charge in [-0.3, -0.25) is 0 Å². The van der Waals surface area contributed by atoms with E-state index in [9.17, 15) is 0 Å². The Labute approximate surface area is 619 Å². The summed E-state index contributed by atoms with van der Waals surface area (Å²) in [7, 11) is 1.54. The second kappa shape index (κ2) is 63.9. The maximum atomic E-state index is 7.50. The van der Waals surface area contributed by atoms with Gasteiger partial charge in [0.2, 0.25) is 0 Å². The van der Waals surface area contributed by atoms with Crippen LogP contribution in [0.5, 0.6) is 0 Å². The summed E-state index contributed by atoms with van der Waals surface area (Å²) in [5.74, 6) is 0. The van der Waals surface area contributed by atoms with Crippen molar-refractivity contribution < 1.29 is 113 Å². The molecule has 0 aromatic rings. The molecule has 0 bridgehead atoms. The van der Waals surface area contributed by atoms with Crippen molar-refractivity contribution in [2.24, 2.45) is 0 Å². The van der Waals surface area contributed by atoms with E-state index in [0.717, 1.165) is 0 Å². The molecule has 0 aromatic heterocycles. The fraction of sp³-hybridized carbons (Fsp3) is 0.947. The van der Waals surface area contributed by atoms with Gasteiger partial charge >= 0.3 is 45.2 Å². The standard InChI is InChI=1S/4C18H33P.4CO.3H2O.4Ru/c4*1-4-10-16(11-5-1)19(17-12-6-2-7-13-17)18-14-8-3-9-15-18;4*1-2;;;;;;;/h4*16-18H,1-15H2;;;;;3*1H2;;;;. The maximum Gasteiger partial charge on any atom is 0 e. The number of hydrogen-bond acceptors (Lipinski definition) is 0. The molecule has 15 heteroatoms. The molecule has 0 saturated heterocycles. The molecule has 12 fully saturated rings. The van der Waals surface area contributed by atoms with Gasteiger partial charge < -0.3 is 16.4 Å². The molecule has 12 rings (SSSR count). The van der Waals surface area contributed by atoms with Gasteiger partial charge in [-0.05, 0) is 222 Å². The second-order valence-electron chi connectivity index (χ2n) is 29.3. The average molecular weight is 1690 g/mol. The fourth-order valence-electron chi connectivity index (χ4n) is 20.1. The summed E-state index contributed by atoms with van der Waals surface area (Å²) in [5.41, 5.74) is 14.3. The van der Waals surface area contributed by atoms with Crippen LogP contribution in [0.1, 0.15) is 385 Å². The van der Waals surface area contributed by atoms with E-state index in [2.05, 4.69) is 26.6 Å². The third kappa shape index (κ3) is 35.7. The zero-order valence-corrected chi connectivity index (χ0v) is 68.2. The van der Waals surface area contributed by atoms with E-state index in [1.807, 2.05) is 0 Å². The molecule has 91 heavy (non-hydrogen) atoms. The normalized spacial score (nSPS) is 24.2. The van der Waals surface area contributed by atoms with Crippen LogP contribution in [0.3, 0.4) is 0 Å². The second-order valence-corrected chi connectivity index (χ2v) is 41.6. The topological polar surface area (TPSA) is 174 Å². The van der Waals surface area contributed by atoms with Crippen LogP contribution in [0.2, 0.25) is 0 Å². The molecule has 12 aliphatic carbocycles. The molecule has 0 aromatic carbocycles. The van der Waals surface area contributed by atoms with Crippen LogP contribution < -0.4 is 0 Å². The summed E-state index contributed by atoms with van der Waals surface area (Å²) in [5, 5.41) is 0. The smallest absolute Gasteiger partial charge is 0 e. The Hall–Kier alpha value is 3.05. The largest absolute Gasteiger partial charge is 0 e. The summed E-state index contributed by atoms with van der Waals surface area (Å²) >= 11 is 0. The molecular weight excluding hydrogens is 1550 g/mol. The molecule has 0 aliphatic heterocycles. The van der Waals surface area contributed by atoms with Gasteiger partial charge in [0.05, 0.1) is 0 Å². The molecule has 0 spiro atoms. The molecule has 12 saturated carbocycles. The summed E-state index contributed by atoms with van der Waals surface area (Å²) < 4.78 is 30.0. The molecular formula is C76H138O7P4Ru4. The van der Waals surface area contributed by atoms with Crippen molar-refractivity contribution in [1.29, 1.82) is 0 Å². The molecule has 0 amide bonds. The minimum absolute atomic E-state index is 0. The van der Waals surface area contributed by atoms with Crippen LogP contribution in [0.4, 0.5) is 0 Å². The molecule has 7 nitrogen and oxygen atoms in total. The minimum atomic E-state index is 0. The van der Waals surface area contributed by atoms with Gasteiger partial charge in [0.25, 0.3) is 0 Å². The van der Waals surface area contributed by atoms with E-state index in [0.29, 0.717) is 31.7 Å². The van der Waals surface area contributed by atoms with Gasteiger partial charge in [-0.1, -0.05) is 263 Å². The van der Waals surface area contributed by atoms with Crippen LogP contribution in [0.15, 0.2) is 0 Å². The first-order valence-corrected chi connectivity index (χ1v) is 43.9. The number of rotatable bonds is 12. The molecule has 6 N–H and O–H groups in total. The van der Waals surface area contributed by atoms with Gasteiger partial charge in [0.15, 0.2) is 0 Å². The van der Waals surface area contributed by atoms with Crippen LogP contribution in [0, 0.1) is 26.6 Å². The Balaban J connectivity index is -0.00000107. The van der Waals surface area contributed by atoms with Crippen molar-refractivity contribution in [2.75, 3.05) is 0 Å². The van der Waals surface area contributed by atoms with E-state index in [1.165, 1.54) is 145 Å². The van der Waals surface area contributed by atoms with Crippen LogP contribution in [0.25, 0.3) is 0 Å². The monoisotopic (exact) mass is 1690 g/mol. The summed E-state index contributed by atoms with van der Waals surface area (Å²) in [4.78, 5) is 0. The van der Waals surface area contributed by atoms with Crippen molar-refractivity contribution in [3.05, 3.63) is 26.6 Å². The molecule has 0 radical (unpaired) electrons. The molecule has 536 valence electrons. The number of hydrogen-bond donors (Lipinski definition) is 0. The van der Waals surface area contributed by atoms with Crippen molar-refractivity contribution in [3.8, 4) is 0 Å². The van der Waals surface area contributed by atoms with E-state index in [-0.39, 0.29) is 94.3 Å². The van der Waals surface area contributed by atoms with E-state index >= 15 is 0 Å². The van der Waals surface area contributed by atoms with Gasteiger partial charge in [0.1, 0.15) is 0 Å². The predicted octanol–water partition coefficient (Wildman–Crippen LogP) is 23.2. The SMILES string of the molecule is C1CCC(P(C2CCCCC2)C2CCCCC2)CC1.C1CCC(P(C2CCCCC2)C2CCCCC2)CC1.C1CCC(P(C2CCCCC2)C2CCCCC2)CC1.C1CCC(P(C2CCCCC2)C2CCCCC2)CC1.O.O.O.[C-]#[O+].[C-]#[O+].[C-]#[O+].[C-]#[O+].[Ru].[Ru].[Ru].[Ru]. The Bertz CT molecular complexity index is 1240. The first-order valence-electron chi connectivity index (χ1n) is 37.7. The Kier molecular flexibility index (Phi) is 69.0. The van der Waals surface area contributed by atoms with Crippen LogP contribution in [-0.4, -0.2) is 84.3 Å². The van der Waals surface area contributed by atoms with Gasteiger partial charge in [-0.15, -0.1) is 0 Å². The van der Waals surface area contributed by atoms with E-state index < -0.39 is 0 Å². The summed E-state index contributed by atoms with van der Waals surface area (Å²) in [6.45, 7) is 18.0. The third-order valence-electron chi connectivity index (χ3n) is 24.0. The quantitative estimate of drug-likeness (QED) is 0.0784. The zero-order chi connectivity index (χ0) is 59.7. The summed E-state index contributed by atoms with van der Waals surface area (Å²) in [6.07, 6.45) is 94.5. The predicted molar refractivity (Wildman–Crippen MR) is 377 cm³/mol. The Morgan fingerprint density at radius 2 is 0.187 bits per heavy atom. The Morgan fingerprint density at radius 1 is 0.132 bits per heavy atom. The van der Waals surface area contributed by atoms with Gasteiger partial charge in [0, 0.05) is 77.9 Å². The first kappa shape index (κ1) is 98.2. The van der Waals surface area contributed by atoms with Crippen molar-refractivity contribution in [2.45, 2.75) is 453 Å².